The molecule has 1 aliphatic rings. The number of benzene rings is 1. The van der Waals surface area contributed by atoms with E-state index >= 15 is 0 Å². The van der Waals surface area contributed by atoms with Gasteiger partial charge in [0.15, 0.2) is 5.16 Å². The molecular formula is C21H19N5O2S2. The molecular weight excluding hydrogens is 418 g/mol. The van der Waals surface area contributed by atoms with E-state index in [2.05, 4.69) is 32.4 Å². The zero-order chi connectivity index (χ0) is 20.3. The van der Waals surface area contributed by atoms with Gasteiger partial charge in [-0.3, -0.25) is 9.69 Å². The Hall–Kier alpha value is -2.59. The van der Waals surface area contributed by atoms with Crippen LogP contribution in [0.1, 0.15) is 5.82 Å². The molecule has 1 aromatic carbocycles. The number of ether oxygens (including phenoxy) is 1. The van der Waals surface area contributed by atoms with Crippen molar-refractivity contribution < 1.29 is 4.74 Å². The van der Waals surface area contributed by atoms with Crippen LogP contribution in [-0.2, 0) is 11.3 Å². The number of hydrogen-bond donors (Lipinski definition) is 1. The fourth-order valence-corrected chi connectivity index (χ4v) is 5.32. The van der Waals surface area contributed by atoms with Gasteiger partial charge in [-0.2, -0.15) is 0 Å². The van der Waals surface area contributed by atoms with Crippen molar-refractivity contribution in [1.29, 1.82) is 0 Å². The molecule has 0 saturated carbocycles. The van der Waals surface area contributed by atoms with Crippen LogP contribution in [0.4, 0.5) is 0 Å². The quantitative estimate of drug-likeness (QED) is 0.378. The summed E-state index contributed by atoms with van der Waals surface area (Å²) in [5, 5.41) is 4.44. The number of morpholine rings is 1. The third kappa shape index (κ3) is 4.15. The number of rotatable bonds is 5. The molecule has 0 aliphatic carbocycles. The lowest BCUT2D eigenvalue weighted by Crippen LogP contribution is -2.36. The number of thiophene rings is 1. The molecule has 30 heavy (non-hydrogen) atoms. The molecule has 1 saturated heterocycles. The Morgan fingerprint density at radius 3 is 2.77 bits per heavy atom. The van der Waals surface area contributed by atoms with Crippen LogP contribution in [0.2, 0.25) is 0 Å². The number of H-pyrrole nitrogens is 1. The molecule has 0 unspecified atom stereocenters. The first-order valence-corrected chi connectivity index (χ1v) is 11.3. The minimum absolute atomic E-state index is 0.181. The largest absolute Gasteiger partial charge is 0.379 e. The van der Waals surface area contributed by atoms with Crippen molar-refractivity contribution in [2.24, 2.45) is 0 Å². The van der Waals surface area contributed by atoms with Crippen LogP contribution in [0.3, 0.4) is 0 Å². The topological polar surface area (TPSA) is 84.0 Å². The number of fused-ring (bicyclic) bond motifs is 1. The maximum Gasteiger partial charge on any atom is 0.251 e. The standard InChI is InChI=1S/C21H19N5O2S2/c27-17-6-7-22-21(25-17)30-20-18-15(14-4-2-1-3-5-14)13-29-19(18)23-16(24-20)12-26-8-10-28-11-9-26/h1-7,13H,8-12H2,(H,22,25,27). The number of hydrogen-bond acceptors (Lipinski definition) is 8. The van der Waals surface area contributed by atoms with Gasteiger partial charge in [0.25, 0.3) is 5.56 Å². The summed E-state index contributed by atoms with van der Waals surface area (Å²) in [5.41, 5.74) is 2.03. The van der Waals surface area contributed by atoms with E-state index in [1.807, 2.05) is 18.2 Å². The fraction of sp³-hybridized carbons (Fsp3) is 0.238. The van der Waals surface area contributed by atoms with Crippen LogP contribution in [0.25, 0.3) is 21.3 Å². The van der Waals surface area contributed by atoms with E-state index in [0.717, 1.165) is 58.5 Å². The smallest absolute Gasteiger partial charge is 0.251 e. The molecule has 3 aromatic heterocycles. The molecule has 152 valence electrons. The van der Waals surface area contributed by atoms with Gasteiger partial charge >= 0.3 is 0 Å². The maximum absolute atomic E-state index is 11.8. The van der Waals surface area contributed by atoms with Crippen molar-refractivity contribution in [3.63, 3.8) is 0 Å². The van der Waals surface area contributed by atoms with Gasteiger partial charge in [-0.15, -0.1) is 11.3 Å². The van der Waals surface area contributed by atoms with Gasteiger partial charge in [-0.05, 0) is 17.3 Å². The second kappa shape index (κ2) is 8.65. The fourth-order valence-electron chi connectivity index (χ4n) is 3.38. The zero-order valence-corrected chi connectivity index (χ0v) is 17.7. The van der Waals surface area contributed by atoms with Crippen LogP contribution in [0.15, 0.2) is 63.0 Å². The molecule has 0 amide bonds. The number of nitrogens with one attached hydrogen (secondary N) is 1. The van der Waals surface area contributed by atoms with E-state index in [4.69, 9.17) is 14.7 Å². The average Bonchev–Trinajstić information content (AvgIpc) is 3.19. The Labute approximate surface area is 181 Å². The van der Waals surface area contributed by atoms with Crippen molar-refractivity contribution >= 4 is 33.3 Å². The summed E-state index contributed by atoms with van der Waals surface area (Å²) in [4.78, 5) is 31.8. The van der Waals surface area contributed by atoms with Gasteiger partial charge in [0.05, 0.1) is 25.1 Å². The molecule has 0 atom stereocenters. The number of aromatic amines is 1. The van der Waals surface area contributed by atoms with Crippen LogP contribution in [0, 0.1) is 0 Å². The van der Waals surface area contributed by atoms with E-state index in [1.54, 1.807) is 11.3 Å². The minimum atomic E-state index is -0.181. The highest BCUT2D eigenvalue weighted by atomic mass is 32.2. The predicted octanol–water partition coefficient (Wildman–Crippen LogP) is 3.43. The monoisotopic (exact) mass is 437 g/mol. The van der Waals surface area contributed by atoms with Crippen LogP contribution >= 0.6 is 23.1 Å². The van der Waals surface area contributed by atoms with Gasteiger partial charge in [-0.25, -0.2) is 15.0 Å². The Kier molecular flexibility index (Phi) is 5.58. The Bertz CT molecular complexity index is 1220. The molecule has 4 aromatic rings. The Balaban J connectivity index is 1.60. The lowest BCUT2D eigenvalue weighted by atomic mass is 10.1. The lowest BCUT2D eigenvalue weighted by Gasteiger charge is -2.25. The van der Waals surface area contributed by atoms with Gasteiger partial charge in [-0.1, -0.05) is 30.3 Å². The lowest BCUT2D eigenvalue weighted by molar-refractivity contribution is 0.0330. The van der Waals surface area contributed by atoms with Crippen LogP contribution in [-0.4, -0.2) is 51.1 Å². The van der Waals surface area contributed by atoms with Gasteiger partial charge in [0, 0.05) is 36.3 Å². The highest BCUT2D eigenvalue weighted by Gasteiger charge is 2.19. The normalized spacial score (nSPS) is 14.9. The second-order valence-corrected chi connectivity index (χ2v) is 8.71. The van der Waals surface area contributed by atoms with Gasteiger partial charge in [0.1, 0.15) is 15.7 Å². The van der Waals surface area contributed by atoms with E-state index in [0.29, 0.717) is 11.7 Å². The van der Waals surface area contributed by atoms with Crippen molar-refractivity contribution in [2.75, 3.05) is 26.3 Å². The molecule has 1 N–H and O–H groups in total. The Morgan fingerprint density at radius 1 is 1.13 bits per heavy atom. The minimum Gasteiger partial charge on any atom is -0.379 e. The number of nitrogens with zero attached hydrogens (tertiary/aromatic N) is 4. The summed E-state index contributed by atoms with van der Waals surface area (Å²) < 4.78 is 5.45. The molecule has 1 aliphatic heterocycles. The molecule has 7 nitrogen and oxygen atoms in total. The number of aromatic nitrogens is 4. The summed E-state index contributed by atoms with van der Waals surface area (Å²) in [6.45, 7) is 3.88. The summed E-state index contributed by atoms with van der Waals surface area (Å²) in [5.74, 6) is 0.770. The molecule has 0 spiro atoms. The highest BCUT2D eigenvalue weighted by molar-refractivity contribution is 7.99. The second-order valence-electron chi connectivity index (χ2n) is 6.87. The average molecular weight is 438 g/mol. The first-order chi connectivity index (χ1) is 14.8. The first kappa shape index (κ1) is 19.4. The zero-order valence-electron chi connectivity index (χ0n) is 16.1. The highest BCUT2D eigenvalue weighted by Crippen LogP contribution is 2.39. The van der Waals surface area contributed by atoms with E-state index < -0.39 is 0 Å². The predicted molar refractivity (Wildman–Crippen MR) is 118 cm³/mol. The van der Waals surface area contributed by atoms with E-state index in [9.17, 15) is 4.79 Å². The van der Waals surface area contributed by atoms with Crippen molar-refractivity contribution in [1.82, 2.24) is 24.8 Å². The SMILES string of the molecule is O=c1ccnc(Sc2nc(CN3CCOCC3)nc3scc(-c4ccccc4)c23)[nH]1. The summed E-state index contributed by atoms with van der Waals surface area (Å²) in [7, 11) is 0. The molecule has 4 heterocycles. The maximum atomic E-state index is 11.8. The summed E-state index contributed by atoms with van der Waals surface area (Å²) in [6.07, 6.45) is 1.51. The van der Waals surface area contributed by atoms with Crippen LogP contribution in [0.5, 0.6) is 0 Å². The molecule has 9 heteroatoms. The van der Waals surface area contributed by atoms with Crippen molar-refractivity contribution in [2.45, 2.75) is 16.7 Å². The van der Waals surface area contributed by atoms with Crippen molar-refractivity contribution in [3.8, 4) is 11.1 Å². The molecule has 1 fully saturated rings. The van der Waals surface area contributed by atoms with E-state index in [1.165, 1.54) is 24.0 Å². The van der Waals surface area contributed by atoms with Crippen molar-refractivity contribution in [3.05, 3.63) is 64.2 Å². The summed E-state index contributed by atoms with van der Waals surface area (Å²) in [6, 6.07) is 11.6. The third-order valence-electron chi connectivity index (χ3n) is 4.84. The van der Waals surface area contributed by atoms with E-state index in [-0.39, 0.29) is 5.56 Å². The van der Waals surface area contributed by atoms with Crippen LogP contribution < -0.4 is 5.56 Å². The third-order valence-corrected chi connectivity index (χ3v) is 6.60. The molecule has 0 bridgehead atoms. The Morgan fingerprint density at radius 2 is 1.97 bits per heavy atom. The molecule has 0 radical (unpaired) electrons. The first-order valence-electron chi connectivity index (χ1n) is 9.63. The summed E-state index contributed by atoms with van der Waals surface area (Å²) >= 11 is 2.98. The van der Waals surface area contributed by atoms with Gasteiger partial charge < -0.3 is 9.72 Å². The molecule has 5 rings (SSSR count). The van der Waals surface area contributed by atoms with Gasteiger partial charge in [0.2, 0.25) is 0 Å².